The lowest BCUT2D eigenvalue weighted by Crippen LogP contribution is -2.35. The lowest BCUT2D eigenvalue weighted by Gasteiger charge is -2.21. The molecule has 0 aromatic heterocycles. The number of aliphatic hydroxyl groups is 1. The lowest BCUT2D eigenvalue weighted by molar-refractivity contribution is -0.214. The van der Waals surface area contributed by atoms with E-state index in [4.69, 9.17) is 24.2 Å². The maximum atomic E-state index is 9.76. The van der Waals surface area contributed by atoms with Gasteiger partial charge in [0.2, 0.25) is 0 Å². The molecule has 3 heterocycles. The largest absolute Gasteiger partial charge is 0.386 e. The van der Waals surface area contributed by atoms with E-state index in [9.17, 15) is 5.11 Å². The number of hydrogen-bond donors (Lipinski definition) is 1. The van der Waals surface area contributed by atoms with Crippen molar-refractivity contribution >= 4 is 0 Å². The van der Waals surface area contributed by atoms with Crippen LogP contribution in [0.3, 0.4) is 0 Å². The molecule has 3 rings (SSSR count). The third kappa shape index (κ3) is 1.30. The highest BCUT2D eigenvalue weighted by atomic mass is 16.8. The summed E-state index contributed by atoms with van der Waals surface area (Å²) in [6.07, 6.45) is -3.62. The molecule has 1 N–H and O–H groups in total. The Morgan fingerprint density at radius 2 is 1.88 bits per heavy atom. The predicted octanol–water partition coefficient (Wildman–Crippen LogP) is -0.485. The fourth-order valence-electron chi connectivity index (χ4n) is 2.46. The highest BCUT2D eigenvalue weighted by Crippen LogP contribution is 2.43. The Balaban J connectivity index is 1.80. The summed E-state index contributed by atoms with van der Waals surface area (Å²) in [4.78, 5) is 0. The van der Waals surface area contributed by atoms with Gasteiger partial charge in [-0.25, -0.2) is 0 Å². The van der Waals surface area contributed by atoms with Gasteiger partial charge in [0.05, 0.1) is 6.07 Å². The van der Waals surface area contributed by atoms with E-state index < -0.39 is 36.5 Å². The fraction of sp³-hybridized carbons (Fsp3) is 0.900. The summed E-state index contributed by atoms with van der Waals surface area (Å²) in [5, 5.41) is 18.5. The van der Waals surface area contributed by atoms with Gasteiger partial charge in [-0.15, -0.1) is 0 Å². The first-order valence-corrected chi connectivity index (χ1v) is 5.26. The second kappa shape index (κ2) is 3.15. The van der Waals surface area contributed by atoms with Gasteiger partial charge < -0.3 is 24.1 Å². The molecule has 6 heteroatoms. The number of rotatable bonds is 0. The summed E-state index contributed by atoms with van der Waals surface area (Å²) in [6.45, 7) is 3.58. The first kappa shape index (κ1) is 10.4. The smallest absolute Gasteiger partial charge is 0.190 e. The Kier molecular flexibility index (Phi) is 2.06. The van der Waals surface area contributed by atoms with Crippen molar-refractivity contribution in [3.8, 4) is 6.07 Å². The zero-order valence-corrected chi connectivity index (χ0v) is 8.99. The molecule has 3 fully saturated rings. The van der Waals surface area contributed by atoms with Crippen molar-refractivity contribution in [2.75, 3.05) is 0 Å². The monoisotopic (exact) mass is 227 g/mol. The molecule has 0 aromatic rings. The number of aliphatic hydroxyl groups excluding tert-OH is 1. The molecule has 6 nitrogen and oxygen atoms in total. The Labute approximate surface area is 92.6 Å². The molecule has 0 amide bonds. The first-order chi connectivity index (χ1) is 7.52. The van der Waals surface area contributed by atoms with E-state index in [0.29, 0.717) is 0 Å². The Morgan fingerprint density at radius 1 is 1.12 bits per heavy atom. The highest BCUT2D eigenvalue weighted by molar-refractivity contribution is 5.09. The molecule has 0 unspecified atom stereocenters. The summed E-state index contributed by atoms with van der Waals surface area (Å²) in [5.74, 6) is -0.709. The summed E-state index contributed by atoms with van der Waals surface area (Å²) in [7, 11) is 0. The molecular weight excluding hydrogens is 214 g/mol. The van der Waals surface area contributed by atoms with Crippen LogP contribution in [-0.2, 0) is 18.9 Å². The predicted molar refractivity (Wildman–Crippen MR) is 49.0 cm³/mol. The molecule has 0 saturated carbocycles. The molecule has 0 aliphatic carbocycles. The van der Waals surface area contributed by atoms with Crippen LogP contribution in [0.5, 0.6) is 0 Å². The molecule has 3 saturated heterocycles. The Hall–Kier alpha value is -0.710. The van der Waals surface area contributed by atoms with Crippen LogP contribution in [0.4, 0.5) is 0 Å². The number of nitriles is 1. The van der Waals surface area contributed by atoms with Crippen molar-refractivity contribution in [2.45, 2.75) is 56.4 Å². The maximum Gasteiger partial charge on any atom is 0.190 e. The van der Waals surface area contributed by atoms with Crippen LogP contribution < -0.4 is 0 Å². The normalized spacial score (nSPS) is 53.4. The SMILES string of the molecule is CC1(C)O[C@H]2O[C@@H]3[C@H](O)[C@@H](C#N)O[C@@H]3[C@H]2O1. The van der Waals surface area contributed by atoms with Gasteiger partial charge in [-0.2, -0.15) is 5.26 Å². The van der Waals surface area contributed by atoms with Crippen LogP contribution >= 0.6 is 0 Å². The number of fused-ring (bicyclic) bond motifs is 3. The van der Waals surface area contributed by atoms with Crippen molar-refractivity contribution in [1.82, 2.24) is 0 Å². The van der Waals surface area contributed by atoms with Crippen molar-refractivity contribution in [3.05, 3.63) is 0 Å². The molecular formula is C10H13NO5. The average molecular weight is 227 g/mol. The molecule has 16 heavy (non-hydrogen) atoms. The standard InChI is InChI=1S/C10H13NO5/c1-10(2)15-8-7-6(14-9(8)16-10)5(12)4(3-11)13-7/h4-9,12H,1-2H3/t4-,5-,6-,7+,8-,9-/m1/s1. The second-order valence-corrected chi connectivity index (χ2v) is 4.71. The summed E-state index contributed by atoms with van der Waals surface area (Å²) >= 11 is 0. The Morgan fingerprint density at radius 3 is 2.56 bits per heavy atom. The third-order valence-corrected chi connectivity index (χ3v) is 3.10. The minimum absolute atomic E-state index is 0.368. The minimum Gasteiger partial charge on any atom is -0.386 e. The van der Waals surface area contributed by atoms with Gasteiger partial charge in [0.15, 0.2) is 18.2 Å². The molecule has 6 atom stereocenters. The van der Waals surface area contributed by atoms with E-state index in [1.807, 2.05) is 6.07 Å². The van der Waals surface area contributed by atoms with E-state index in [2.05, 4.69) is 0 Å². The van der Waals surface area contributed by atoms with Crippen molar-refractivity contribution < 1.29 is 24.1 Å². The third-order valence-electron chi connectivity index (χ3n) is 3.10. The molecule has 88 valence electrons. The zero-order valence-electron chi connectivity index (χ0n) is 8.99. The lowest BCUT2D eigenvalue weighted by atomic mass is 10.1. The number of nitrogens with zero attached hydrogens (tertiary/aromatic N) is 1. The molecule has 0 spiro atoms. The van der Waals surface area contributed by atoms with Gasteiger partial charge >= 0.3 is 0 Å². The van der Waals surface area contributed by atoms with Gasteiger partial charge in [-0.1, -0.05) is 0 Å². The first-order valence-electron chi connectivity index (χ1n) is 5.26. The summed E-state index contributed by atoms with van der Waals surface area (Å²) in [5.41, 5.74) is 0. The molecule has 0 radical (unpaired) electrons. The quantitative estimate of drug-likeness (QED) is 0.601. The highest BCUT2D eigenvalue weighted by Gasteiger charge is 2.62. The van der Waals surface area contributed by atoms with Crippen LogP contribution in [0.2, 0.25) is 0 Å². The van der Waals surface area contributed by atoms with Gasteiger partial charge in [0, 0.05) is 0 Å². The van der Waals surface area contributed by atoms with E-state index >= 15 is 0 Å². The van der Waals surface area contributed by atoms with Crippen LogP contribution in [0, 0.1) is 11.3 Å². The van der Waals surface area contributed by atoms with Crippen molar-refractivity contribution in [2.24, 2.45) is 0 Å². The molecule has 3 aliphatic rings. The zero-order chi connectivity index (χ0) is 11.5. The van der Waals surface area contributed by atoms with Gasteiger partial charge in [0.25, 0.3) is 0 Å². The van der Waals surface area contributed by atoms with Crippen LogP contribution in [0.15, 0.2) is 0 Å². The van der Waals surface area contributed by atoms with Crippen LogP contribution in [0.1, 0.15) is 13.8 Å². The topological polar surface area (TPSA) is 80.9 Å². The minimum atomic E-state index is -0.934. The molecule has 0 bridgehead atoms. The van der Waals surface area contributed by atoms with E-state index in [-0.39, 0.29) is 6.10 Å². The summed E-state index contributed by atoms with van der Waals surface area (Å²) in [6, 6.07) is 1.89. The molecule has 3 aliphatic heterocycles. The van der Waals surface area contributed by atoms with Crippen molar-refractivity contribution in [1.29, 1.82) is 5.26 Å². The van der Waals surface area contributed by atoms with Crippen LogP contribution in [-0.4, -0.2) is 47.7 Å². The van der Waals surface area contributed by atoms with E-state index in [1.165, 1.54) is 0 Å². The average Bonchev–Trinajstić information content (AvgIpc) is 2.76. The maximum absolute atomic E-state index is 9.76. The Bertz CT molecular complexity index is 352. The van der Waals surface area contributed by atoms with Gasteiger partial charge in [-0.05, 0) is 13.8 Å². The summed E-state index contributed by atoms with van der Waals surface area (Å²) < 4.78 is 22.1. The van der Waals surface area contributed by atoms with Gasteiger partial charge in [-0.3, -0.25) is 0 Å². The molecule has 0 aromatic carbocycles. The number of hydrogen-bond acceptors (Lipinski definition) is 6. The van der Waals surface area contributed by atoms with Gasteiger partial charge in [0.1, 0.15) is 24.4 Å². The number of ether oxygens (including phenoxy) is 4. The fourth-order valence-corrected chi connectivity index (χ4v) is 2.46. The van der Waals surface area contributed by atoms with Crippen molar-refractivity contribution in [3.63, 3.8) is 0 Å². The van der Waals surface area contributed by atoms with E-state index in [1.54, 1.807) is 13.8 Å². The second-order valence-electron chi connectivity index (χ2n) is 4.71. The van der Waals surface area contributed by atoms with E-state index in [0.717, 1.165) is 0 Å². The van der Waals surface area contributed by atoms with Crippen LogP contribution in [0.25, 0.3) is 0 Å².